The van der Waals surface area contributed by atoms with Crippen LogP contribution in [0, 0.1) is 0 Å². The van der Waals surface area contributed by atoms with E-state index in [0.29, 0.717) is 32.8 Å². The minimum absolute atomic E-state index is 0.0292. The monoisotopic (exact) mass is 260 g/mol. The molecule has 106 valence electrons. The summed E-state index contributed by atoms with van der Waals surface area (Å²) in [5, 5.41) is 8.67. The quantitative estimate of drug-likeness (QED) is 0.611. The molecule has 0 aromatic rings. The molecule has 0 fully saturated rings. The first-order valence-corrected chi connectivity index (χ1v) is 6.25. The largest absolute Gasteiger partial charge is 0.481 e. The third-order valence-electron chi connectivity index (χ3n) is 2.73. The number of likely N-dealkylation sites (N-methyl/N-ethyl adjacent to an activating group) is 1. The number of methoxy groups -OCH3 is 1. The van der Waals surface area contributed by atoms with Crippen molar-refractivity contribution in [3.05, 3.63) is 0 Å². The van der Waals surface area contributed by atoms with E-state index in [1.807, 2.05) is 18.7 Å². The highest BCUT2D eigenvalue weighted by Gasteiger charge is 2.15. The third kappa shape index (κ3) is 7.24. The summed E-state index contributed by atoms with van der Waals surface area (Å²) >= 11 is 0. The number of hydrogen-bond donors (Lipinski definition) is 1. The first-order valence-electron chi connectivity index (χ1n) is 6.25. The van der Waals surface area contributed by atoms with E-state index in [-0.39, 0.29) is 18.9 Å². The first kappa shape index (κ1) is 16.9. The Hall–Kier alpha value is -1.14. The molecule has 0 aromatic carbocycles. The topological polar surface area (TPSA) is 70.1 Å². The maximum absolute atomic E-state index is 11.9. The fraction of sp³-hybridized carbons (Fsp3) is 0.833. The summed E-state index contributed by atoms with van der Waals surface area (Å²) in [6.45, 7) is 6.88. The molecule has 18 heavy (non-hydrogen) atoms. The minimum atomic E-state index is -0.854. The van der Waals surface area contributed by atoms with Crippen LogP contribution in [0.3, 0.4) is 0 Å². The molecule has 6 nitrogen and oxygen atoms in total. The van der Waals surface area contributed by atoms with Crippen LogP contribution in [0.4, 0.5) is 0 Å². The van der Waals surface area contributed by atoms with Crippen LogP contribution in [-0.4, -0.2) is 73.2 Å². The van der Waals surface area contributed by atoms with Crippen LogP contribution in [-0.2, 0) is 14.3 Å². The van der Waals surface area contributed by atoms with Gasteiger partial charge in [-0.15, -0.1) is 0 Å². The molecule has 0 bridgehead atoms. The lowest BCUT2D eigenvalue weighted by Crippen LogP contribution is -2.42. The molecular weight excluding hydrogens is 236 g/mol. The van der Waals surface area contributed by atoms with Crippen LogP contribution in [0.15, 0.2) is 0 Å². The fourth-order valence-corrected chi connectivity index (χ4v) is 1.61. The lowest BCUT2D eigenvalue weighted by molar-refractivity contribution is -0.138. The lowest BCUT2D eigenvalue weighted by Gasteiger charge is -2.25. The Bertz CT molecular complexity index is 254. The SMILES string of the molecule is CCN(CC)C(=O)CN(CCOC)CCC(=O)O. The highest BCUT2D eigenvalue weighted by molar-refractivity contribution is 5.78. The summed E-state index contributed by atoms with van der Waals surface area (Å²) in [6.07, 6.45) is 0.0369. The van der Waals surface area contributed by atoms with Gasteiger partial charge in [0.25, 0.3) is 0 Å². The molecule has 0 aliphatic heterocycles. The Morgan fingerprint density at radius 2 is 1.78 bits per heavy atom. The molecule has 0 saturated carbocycles. The van der Waals surface area contributed by atoms with Crippen molar-refractivity contribution >= 4 is 11.9 Å². The highest BCUT2D eigenvalue weighted by atomic mass is 16.5. The summed E-state index contributed by atoms with van der Waals surface area (Å²) < 4.78 is 4.96. The van der Waals surface area contributed by atoms with Crippen LogP contribution < -0.4 is 0 Å². The number of carbonyl (C=O) groups excluding carboxylic acids is 1. The summed E-state index contributed by atoms with van der Waals surface area (Å²) in [7, 11) is 1.58. The number of hydrogen-bond acceptors (Lipinski definition) is 4. The molecule has 1 amide bonds. The van der Waals surface area contributed by atoms with Gasteiger partial charge in [-0.25, -0.2) is 0 Å². The molecule has 0 aliphatic rings. The molecule has 0 unspecified atom stereocenters. The van der Waals surface area contributed by atoms with Crippen molar-refractivity contribution in [1.29, 1.82) is 0 Å². The molecule has 6 heteroatoms. The smallest absolute Gasteiger partial charge is 0.304 e. The molecule has 1 N–H and O–H groups in total. The number of carboxylic acids is 1. The van der Waals surface area contributed by atoms with Gasteiger partial charge in [0.05, 0.1) is 19.6 Å². The van der Waals surface area contributed by atoms with Gasteiger partial charge >= 0.3 is 5.97 Å². The van der Waals surface area contributed by atoms with Crippen LogP contribution >= 0.6 is 0 Å². The molecule has 0 aromatic heterocycles. The number of ether oxygens (including phenoxy) is 1. The van der Waals surface area contributed by atoms with E-state index in [0.717, 1.165) is 0 Å². The van der Waals surface area contributed by atoms with E-state index in [1.54, 1.807) is 12.0 Å². The summed E-state index contributed by atoms with van der Waals surface area (Å²) in [5.74, 6) is -0.825. The van der Waals surface area contributed by atoms with Crippen LogP contribution in [0.2, 0.25) is 0 Å². The van der Waals surface area contributed by atoms with E-state index in [1.165, 1.54) is 0 Å². The fourth-order valence-electron chi connectivity index (χ4n) is 1.61. The number of nitrogens with zero attached hydrogens (tertiary/aromatic N) is 2. The number of carbonyl (C=O) groups is 2. The highest BCUT2D eigenvalue weighted by Crippen LogP contribution is 1.97. The lowest BCUT2D eigenvalue weighted by atomic mass is 10.3. The Kier molecular flexibility index (Phi) is 9.22. The second-order valence-electron chi connectivity index (χ2n) is 3.98. The van der Waals surface area contributed by atoms with Crippen molar-refractivity contribution in [3.63, 3.8) is 0 Å². The van der Waals surface area contributed by atoms with Gasteiger partial charge in [0.2, 0.25) is 5.91 Å². The van der Waals surface area contributed by atoms with Gasteiger partial charge in [-0.05, 0) is 13.8 Å². The zero-order valence-corrected chi connectivity index (χ0v) is 11.5. The maximum atomic E-state index is 11.9. The Balaban J connectivity index is 4.27. The average Bonchev–Trinajstić information content (AvgIpc) is 2.34. The van der Waals surface area contributed by atoms with Crippen molar-refractivity contribution in [3.8, 4) is 0 Å². The minimum Gasteiger partial charge on any atom is -0.481 e. The average molecular weight is 260 g/mol. The normalized spacial score (nSPS) is 10.7. The van der Waals surface area contributed by atoms with E-state index in [4.69, 9.17) is 9.84 Å². The van der Waals surface area contributed by atoms with Crippen LogP contribution in [0.5, 0.6) is 0 Å². The van der Waals surface area contributed by atoms with Crippen molar-refractivity contribution in [2.45, 2.75) is 20.3 Å². The third-order valence-corrected chi connectivity index (χ3v) is 2.73. The predicted molar refractivity (Wildman–Crippen MR) is 68.5 cm³/mol. The molecule has 0 rings (SSSR count). The van der Waals surface area contributed by atoms with Crippen molar-refractivity contribution in [2.24, 2.45) is 0 Å². The van der Waals surface area contributed by atoms with Gasteiger partial charge in [-0.2, -0.15) is 0 Å². The van der Waals surface area contributed by atoms with Gasteiger partial charge in [-0.3, -0.25) is 14.5 Å². The number of rotatable bonds is 10. The van der Waals surface area contributed by atoms with E-state index >= 15 is 0 Å². The molecule has 0 radical (unpaired) electrons. The zero-order chi connectivity index (χ0) is 14.0. The predicted octanol–water partition coefficient (Wildman–Crippen LogP) is 0.278. The number of aliphatic carboxylic acids is 1. The van der Waals surface area contributed by atoms with E-state index in [9.17, 15) is 9.59 Å². The number of carboxylic acid groups (broad SMARTS) is 1. The molecular formula is C12H24N2O4. The summed E-state index contributed by atoms with van der Waals surface area (Å²) in [6, 6.07) is 0. The van der Waals surface area contributed by atoms with Gasteiger partial charge in [0.15, 0.2) is 0 Å². The number of amides is 1. The van der Waals surface area contributed by atoms with Gasteiger partial charge in [0.1, 0.15) is 0 Å². The van der Waals surface area contributed by atoms with Gasteiger partial charge in [0, 0.05) is 33.3 Å². The van der Waals surface area contributed by atoms with Crippen molar-refractivity contribution < 1.29 is 19.4 Å². The Labute approximate surface area is 109 Å². The Morgan fingerprint density at radius 1 is 1.17 bits per heavy atom. The van der Waals surface area contributed by atoms with Crippen LogP contribution in [0.1, 0.15) is 20.3 Å². The second kappa shape index (κ2) is 9.85. The second-order valence-corrected chi connectivity index (χ2v) is 3.98. The van der Waals surface area contributed by atoms with Crippen molar-refractivity contribution in [1.82, 2.24) is 9.80 Å². The summed E-state index contributed by atoms with van der Waals surface area (Å²) in [4.78, 5) is 26.0. The zero-order valence-electron chi connectivity index (χ0n) is 11.5. The molecule has 0 aliphatic carbocycles. The van der Waals surface area contributed by atoms with Crippen molar-refractivity contribution in [2.75, 3.05) is 46.4 Å². The molecule has 0 spiro atoms. The Morgan fingerprint density at radius 3 is 2.22 bits per heavy atom. The maximum Gasteiger partial charge on any atom is 0.304 e. The van der Waals surface area contributed by atoms with Gasteiger partial charge in [-0.1, -0.05) is 0 Å². The molecule has 0 atom stereocenters. The van der Waals surface area contributed by atoms with Crippen LogP contribution in [0.25, 0.3) is 0 Å². The standard InChI is InChI=1S/C12H24N2O4/c1-4-14(5-2)11(15)10-13(8-9-18-3)7-6-12(16)17/h4-10H2,1-3H3,(H,16,17). The molecule has 0 heterocycles. The van der Waals surface area contributed by atoms with E-state index < -0.39 is 5.97 Å². The molecule has 0 saturated heterocycles. The van der Waals surface area contributed by atoms with Gasteiger partial charge < -0.3 is 14.7 Å². The summed E-state index contributed by atoms with van der Waals surface area (Å²) in [5.41, 5.74) is 0. The van der Waals surface area contributed by atoms with E-state index in [2.05, 4.69) is 0 Å². The first-order chi connectivity index (χ1) is 8.54.